The molecule has 388 valence electrons. The fourth-order valence-corrected chi connectivity index (χ4v) is 9.21. The van der Waals surface area contributed by atoms with Crippen LogP contribution in [0.3, 0.4) is 0 Å². The minimum Gasteiger partial charge on any atom is -0.394 e. The Balaban J connectivity index is 3.53. The summed E-state index contributed by atoms with van der Waals surface area (Å²) in [6.07, 6.45) is 80.1. The van der Waals surface area contributed by atoms with Gasteiger partial charge in [0.15, 0.2) is 0 Å². The van der Waals surface area contributed by atoms with E-state index in [0.717, 1.165) is 38.5 Å². The monoisotopic (exact) mass is 924 g/mol. The van der Waals surface area contributed by atoms with E-state index in [1.54, 1.807) is 6.08 Å². The van der Waals surface area contributed by atoms with E-state index in [2.05, 4.69) is 55.6 Å². The van der Waals surface area contributed by atoms with E-state index in [4.69, 9.17) is 0 Å². The first kappa shape index (κ1) is 64.3. The van der Waals surface area contributed by atoms with Crippen molar-refractivity contribution in [2.24, 2.45) is 0 Å². The van der Waals surface area contributed by atoms with Gasteiger partial charge in [0.1, 0.15) is 0 Å². The number of hydrogen-bond donors (Lipinski definition) is 3. The average molecular weight is 925 g/mol. The van der Waals surface area contributed by atoms with Crippen molar-refractivity contribution in [3.63, 3.8) is 0 Å². The van der Waals surface area contributed by atoms with E-state index in [1.165, 1.54) is 263 Å². The van der Waals surface area contributed by atoms with Crippen LogP contribution in [0.15, 0.2) is 48.6 Å². The lowest BCUT2D eigenvalue weighted by Gasteiger charge is -2.19. The molecule has 4 heteroatoms. The molecule has 0 aromatic heterocycles. The largest absolute Gasteiger partial charge is 0.394 e. The number of carbonyl (C=O) groups excluding carboxylic acids is 1. The number of allylic oxidation sites excluding steroid dienone is 7. The summed E-state index contributed by atoms with van der Waals surface area (Å²) in [5.74, 6) is -0.0737. The molecule has 0 spiro atoms. The third kappa shape index (κ3) is 53.3. The van der Waals surface area contributed by atoms with Crippen molar-refractivity contribution in [1.29, 1.82) is 0 Å². The van der Waals surface area contributed by atoms with Gasteiger partial charge in [-0.05, 0) is 70.6 Å². The summed E-state index contributed by atoms with van der Waals surface area (Å²) in [4.78, 5) is 12.5. The molecule has 1 amide bonds. The number of hydrogen-bond acceptors (Lipinski definition) is 3. The van der Waals surface area contributed by atoms with E-state index in [-0.39, 0.29) is 12.5 Å². The molecular formula is C62H117NO3. The highest BCUT2D eigenvalue weighted by Crippen LogP contribution is 2.17. The summed E-state index contributed by atoms with van der Waals surface area (Å²) in [6.45, 7) is 4.33. The molecule has 2 unspecified atom stereocenters. The van der Waals surface area contributed by atoms with Crippen LogP contribution in [0.4, 0.5) is 0 Å². The molecule has 0 fully saturated rings. The molecule has 0 aliphatic carbocycles. The van der Waals surface area contributed by atoms with Gasteiger partial charge in [-0.2, -0.15) is 0 Å². The quantitative estimate of drug-likeness (QED) is 0.0420. The van der Waals surface area contributed by atoms with E-state index >= 15 is 0 Å². The van der Waals surface area contributed by atoms with Crippen molar-refractivity contribution in [2.45, 2.75) is 334 Å². The second-order valence-corrected chi connectivity index (χ2v) is 20.4. The van der Waals surface area contributed by atoms with Crippen molar-refractivity contribution < 1.29 is 15.0 Å². The number of amides is 1. The molecule has 0 heterocycles. The third-order valence-corrected chi connectivity index (χ3v) is 13.8. The summed E-state index contributed by atoms with van der Waals surface area (Å²) < 4.78 is 0. The second kappa shape index (κ2) is 57.7. The number of aliphatic hydroxyl groups excluding tert-OH is 2. The van der Waals surface area contributed by atoms with Crippen LogP contribution in [-0.2, 0) is 4.79 Å². The Kier molecular flexibility index (Phi) is 56.2. The molecule has 0 aromatic rings. The zero-order valence-corrected chi connectivity index (χ0v) is 44.7. The molecule has 3 N–H and O–H groups in total. The lowest BCUT2D eigenvalue weighted by molar-refractivity contribution is -0.123. The zero-order chi connectivity index (χ0) is 47.7. The Morgan fingerprint density at radius 1 is 0.348 bits per heavy atom. The highest BCUT2D eigenvalue weighted by molar-refractivity contribution is 5.76. The maximum Gasteiger partial charge on any atom is 0.220 e. The fourth-order valence-electron chi connectivity index (χ4n) is 9.21. The minimum absolute atomic E-state index is 0.0737. The molecule has 0 aliphatic rings. The maximum absolute atomic E-state index is 12.5. The van der Waals surface area contributed by atoms with E-state index < -0.39 is 12.1 Å². The summed E-state index contributed by atoms with van der Waals surface area (Å²) in [7, 11) is 0. The van der Waals surface area contributed by atoms with Gasteiger partial charge in [-0.3, -0.25) is 4.79 Å². The van der Waals surface area contributed by atoms with E-state index in [0.29, 0.717) is 6.42 Å². The molecule has 0 bridgehead atoms. The van der Waals surface area contributed by atoms with Crippen LogP contribution in [-0.4, -0.2) is 34.9 Å². The SMILES string of the molecule is CCCCCCCCCC/C=C\CCCCCCCCCCCCCCCCCC(=O)NC(CO)C(O)/C=C/CC/C=C/CC/C=C/CCCCCCCCCCCCCCCCCCC. The normalized spacial score (nSPS) is 13.1. The zero-order valence-electron chi connectivity index (χ0n) is 44.7. The Hall–Kier alpha value is -1.65. The van der Waals surface area contributed by atoms with Gasteiger partial charge in [-0.15, -0.1) is 0 Å². The molecule has 0 saturated carbocycles. The first-order chi connectivity index (χ1) is 32.7. The van der Waals surface area contributed by atoms with Gasteiger partial charge < -0.3 is 15.5 Å². The minimum atomic E-state index is -0.871. The molecule has 0 radical (unpaired) electrons. The average Bonchev–Trinajstić information content (AvgIpc) is 3.32. The van der Waals surface area contributed by atoms with Crippen molar-refractivity contribution in [1.82, 2.24) is 5.32 Å². The Morgan fingerprint density at radius 3 is 0.879 bits per heavy atom. The first-order valence-electron chi connectivity index (χ1n) is 29.9. The van der Waals surface area contributed by atoms with Gasteiger partial charge in [0, 0.05) is 6.42 Å². The number of nitrogens with one attached hydrogen (secondary N) is 1. The molecule has 4 nitrogen and oxygen atoms in total. The molecular weight excluding hydrogens is 807 g/mol. The topological polar surface area (TPSA) is 69.6 Å². The van der Waals surface area contributed by atoms with Gasteiger partial charge in [-0.1, -0.05) is 294 Å². The summed E-state index contributed by atoms with van der Waals surface area (Å²) >= 11 is 0. The fraction of sp³-hybridized carbons (Fsp3) is 0.855. The Bertz CT molecular complexity index is 1050. The smallest absolute Gasteiger partial charge is 0.220 e. The number of aliphatic hydroxyl groups is 2. The number of rotatable bonds is 55. The van der Waals surface area contributed by atoms with Gasteiger partial charge in [0.25, 0.3) is 0 Å². The van der Waals surface area contributed by atoms with E-state index in [9.17, 15) is 15.0 Å². The maximum atomic E-state index is 12.5. The Labute approximate surface area is 414 Å². The number of carbonyl (C=O) groups is 1. The summed E-state index contributed by atoms with van der Waals surface area (Å²) in [6, 6.07) is -0.647. The lowest BCUT2D eigenvalue weighted by Crippen LogP contribution is -2.45. The molecule has 2 atom stereocenters. The van der Waals surface area contributed by atoms with Gasteiger partial charge in [0.05, 0.1) is 18.8 Å². The van der Waals surface area contributed by atoms with Crippen LogP contribution in [0, 0.1) is 0 Å². The molecule has 0 saturated heterocycles. The predicted octanol–water partition coefficient (Wildman–Crippen LogP) is 19.8. The summed E-state index contributed by atoms with van der Waals surface area (Å²) in [5.41, 5.74) is 0. The van der Waals surface area contributed by atoms with Gasteiger partial charge in [0.2, 0.25) is 5.91 Å². The van der Waals surface area contributed by atoms with Crippen LogP contribution in [0.2, 0.25) is 0 Å². The predicted molar refractivity (Wildman–Crippen MR) is 295 cm³/mol. The first-order valence-corrected chi connectivity index (χ1v) is 29.9. The summed E-state index contributed by atoms with van der Waals surface area (Å²) in [5, 5.41) is 23.2. The standard InChI is InChI=1S/C62H117NO3/c1-3-5-7-9-11-13-15-17-19-21-23-25-27-29-31-33-35-37-39-41-43-45-47-49-51-53-55-57-61(65)60(59-64)63-62(66)58-56-54-52-50-48-46-44-42-40-38-36-34-32-30-28-26-24-22-20-18-16-14-12-10-8-6-4-2/h22,24,39,41,47,49,55,57,60-61,64-65H,3-21,23,25-38,40,42-46,48,50-54,56,58-59H2,1-2H3,(H,63,66)/b24-22-,41-39+,49-47+,57-55+. The van der Waals surface area contributed by atoms with Crippen LogP contribution in [0.5, 0.6) is 0 Å². The molecule has 0 aliphatic heterocycles. The van der Waals surface area contributed by atoms with Crippen LogP contribution < -0.4 is 5.32 Å². The van der Waals surface area contributed by atoms with Crippen molar-refractivity contribution in [3.05, 3.63) is 48.6 Å². The lowest BCUT2D eigenvalue weighted by atomic mass is 10.0. The third-order valence-electron chi connectivity index (χ3n) is 13.8. The van der Waals surface area contributed by atoms with E-state index in [1.807, 2.05) is 6.08 Å². The highest BCUT2D eigenvalue weighted by Gasteiger charge is 2.18. The molecule has 0 aromatic carbocycles. The highest BCUT2D eigenvalue weighted by atomic mass is 16.3. The van der Waals surface area contributed by atoms with Crippen molar-refractivity contribution in [3.8, 4) is 0 Å². The van der Waals surface area contributed by atoms with Crippen molar-refractivity contribution in [2.75, 3.05) is 6.61 Å². The number of unbranched alkanes of at least 4 members (excludes halogenated alkanes) is 42. The van der Waals surface area contributed by atoms with Gasteiger partial charge >= 0.3 is 0 Å². The second-order valence-electron chi connectivity index (χ2n) is 20.4. The van der Waals surface area contributed by atoms with Crippen LogP contribution in [0.25, 0.3) is 0 Å². The van der Waals surface area contributed by atoms with Crippen molar-refractivity contribution >= 4 is 5.91 Å². The van der Waals surface area contributed by atoms with Gasteiger partial charge in [-0.25, -0.2) is 0 Å². The van der Waals surface area contributed by atoms with Crippen LogP contribution >= 0.6 is 0 Å². The van der Waals surface area contributed by atoms with Crippen LogP contribution in [0.1, 0.15) is 322 Å². The molecule has 66 heavy (non-hydrogen) atoms. The molecule has 0 rings (SSSR count). The Morgan fingerprint density at radius 2 is 0.591 bits per heavy atom.